The van der Waals surface area contributed by atoms with Gasteiger partial charge in [0.05, 0.1) is 25.7 Å². The third kappa shape index (κ3) is 6.98. The van der Waals surface area contributed by atoms with Crippen LogP contribution in [0.15, 0.2) is 48.5 Å². The molecule has 0 fully saturated rings. The number of methoxy groups -OCH3 is 1. The second-order valence-electron chi connectivity index (χ2n) is 6.48. The first kappa shape index (κ1) is 22.5. The Hall–Kier alpha value is -2.74. The van der Waals surface area contributed by atoms with Crippen molar-refractivity contribution in [3.63, 3.8) is 0 Å². The highest BCUT2D eigenvalue weighted by atomic mass is 32.2. The number of rotatable bonds is 11. The fraction of sp³-hybridized carbons (Fsp3) is 0.381. The fourth-order valence-electron chi connectivity index (χ4n) is 2.86. The summed E-state index contributed by atoms with van der Waals surface area (Å²) in [6.07, 6.45) is 2.58. The average molecular weight is 421 g/mol. The van der Waals surface area contributed by atoms with Crippen molar-refractivity contribution in [2.75, 3.05) is 37.4 Å². The van der Waals surface area contributed by atoms with Gasteiger partial charge in [0.15, 0.2) is 0 Å². The predicted octanol–water partition coefficient (Wildman–Crippen LogP) is 2.61. The number of ether oxygens (including phenoxy) is 2. The molecule has 0 aliphatic rings. The van der Waals surface area contributed by atoms with Crippen molar-refractivity contribution in [1.82, 2.24) is 5.32 Å². The summed E-state index contributed by atoms with van der Waals surface area (Å²) in [5.74, 6) is 0.849. The number of para-hydroxylation sites is 2. The fourth-order valence-corrected chi connectivity index (χ4v) is 3.72. The van der Waals surface area contributed by atoms with E-state index in [0.717, 1.165) is 34.7 Å². The molecule has 2 aromatic carbocycles. The van der Waals surface area contributed by atoms with Gasteiger partial charge in [0.1, 0.15) is 18.0 Å². The van der Waals surface area contributed by atoms with Gasteiger partial charge in [-0.1, -0.05) is 24.3 Å². The lowest BCUT2D eigenvalue weighted by Gasteiger charge is -2.24. The van der Waals surface area contributed by atoms with E-state index in [0.29, 0.717) is 24.6 Å². The van der Waals surface area contributed by atoms with Crippen LogP contribution < -0.4 is 19.1 Å². The first-order valence-electron chi connectivity index (χ1n) is 9.44. The van der Waals surface area contributed by atoms with E-state index in [1.807, 2.05) is 31.2 Å². The van der Waals surface area contributed by atoms with E-state index in [9.17, 15) is 13.2 Å². The topological polar surface area (TPSA) is 84.9 Å². The standard InChI is InChI=1S/C21H28N2O5S/c1-4-28-20-13-6-5-12-19(20)23(29(3,25)26)16-21(24)22-14-8-10-17-9-7-11-18(15-17)27-2/h5-7,9,11-13,15H,4,8,10,14,16H2,1-3H3,(H,22,24). The maximum atomic E-state index is 12.4. The van der Waals surface area contributed by atoms with Crippen LogP contribution >= 0.6 is 0 Å². The molecule has 7 nitrogen and oxygen atoms in total. The first-order chi connectivity index (χ1) is 13.8. The van der Waals surface area contributed by atoms with Crippen molar-refractivity contribution >= 4 is 21.6 Å². The van der Waals surface area contributed by atoms with Crippen molar-refractivity contribution in [2.45, 2.75) is 19.8 Å². The molecule has 2 rings (SSSR count). The van der Waals surface area contributed by atoms with E-state index in [1.54, 1.807) is 31.4 Å². The summed E-state index contributed by atoms with van der Waals surface area (Å²) < 4.78 is 36.3. The number of sulfonamides is 1. The highest BCUT2D eigenvalue weighted by molar-refractivity contribution is 7.92. The molecule has 0 saturated heterocycles. The first-order valence-corrected chi connectivity index (χ1v) is 11.3. The van der Waals surface area contributed by atoms with Gasteiger partial charge >= 0.3 is 0 Å². The molecule has 29 heavy (non-hydrogen) atoms. The van der Waals surface area contributed by atoms with E-state index >= 15 is 0 Å². The Bertz CT molecular complexity index is 915. The molecule has 0 saturated carbocycles. The molecule has 8 heteroatoms. The molecular formula is C21H28N2O5S. The molecule has 158 valence electrons. The second kappa shape index (κ2) is 10.7. The van der Waals surface area contributed by atoms with Crippen molar-refractivity contribution < 1.29 is 22.7 Å². The van der Waals surface area contributed by atoms with Gasteiger partial charge < -0.3 is 14.8 Å². The van der Waals surface area contributed by atoms with Gasteiger partial charge in [-0.15, -0.1) is 0 Å². The highest BCUT2D eigenvalue weighted by Crippen LogP contribution is 2.29. The lowest BCUT2D eigenvalue weighted by atomic mass is 10.1. The molecule has 0 atom stereocenters. The summed E-state index contributed by atoms with van der Waals surface area (Å²) in [5.41, 5.74) is 1.46. The van der Waals surface area contributed by atoms with Crippen molar-refractivity contribution in [2.24, 2.45) is 0 Å². The van der Waals surface area contributed by atoms with Gasteiger partial charge in [-0.2, -0.15) is 0 Å². The number of hydrogen-bond acceptors (Lipinski definition) is 5. The van der Waals surface area contributed by atoms with Crippen LogP contribution in [0, 0.1) is 0 Å². The van der Waals surface area contributed by atoms with Gasteiger partial charge in [-0.3, -0.25) is 9.10 Å². The molecule has 0 bridgehead atoms. The monoisotopic (exact) mass is 420 g/mol. The molecule has 0 radical (unpaired) electrons. The number of nitrogens with one attached hydrogen (secondary N) is 1. The van der Waals surface area contributed by atoms with E-state index in [1.165, 1.54) is 0 Å². The van der Waals surface area contributed by atoms with Crippen LogP contribution in [-0.4, -0.2) is 47.4 Å². The Morgan fingerprint density at radius 3 is 2.59 bits per heavy atom. The molecular weight excluding hydrogens is 392 g/mol. The zero-order valence-corrected chi connectivity index (χ0v) is 17.9. The summed E-state index contributed by atoms with van der Waals surface area (Å²) in [7, 11) is -2.03. The van der Waals surface area contributed by atoms with Gasteiger partial charge in [0.25, 0.3) is 0 Å². The van der Waals surface area contributed by atoms with E-state index in [4.69, 9.17) is 9.47 Å². The second-order valence-corrected chi connectivity index (χ2v) is 8.38. The zero-order chi connectivity index (χ0) is 21.3. The third-order valence-corrected chi connectivity index (χ3v) is 5.35. The minimum atomic E-state index is -3.66. The number of carbonyl (C=O) groups excluding carboxylic acids is 1. The van der Waals surface area contributed by atoms with Crippen LogP contribution in [0.3, 0.4) is 0 Å². The molecule has 1 amide bonds. The number of aryl methyl sites for hydroxylation is 1. The quantitative estimate of drug-likeness (QED) is 0.565. The SMILES string of the molecule is CCOc1ccccc1N(CC(=O)NCCCc1cccc(OC)c1)S(C)(=O)=O. The molecule has 2 aromatic rings. The van der Waals surface area contributed by atoms with Crippen LogP contribution in [0.4, 0.5) is 5.69 Å². The number of anilines is 1. The van der Waals surface area contributed by atoms with Crippen molar-refractivity contribution in [1.29, 1.82) is 0 Å². The minimum Gasteiger partial charge on any atom is -0.497 e. The van der Waals surface area contributed by atoms with Crippen LogP contribution in [0.2, 0.25) is 0 Å². The van der Waals surface area contributed by atoms with Gasteiger partial charge in [-0.05, 0) is 49.6 Å². The van der Waals surface area contributed by atoms with Gasteiger partial charge in [-0.25, -0.2) is 8.42 Å². The van der Waals surface area contributed by atoms with Gasteiger partial charge in [0.2, 0.25) is 15.9 Å². The number of nitrogens with zero attached hydrogens (tertiary/aromatic N) is 1. The largest absolute Gasteiger partial charge is 0.497 e. The molecule has 0 aromatic heterocycles. The third-order valence-electron chi connectivity index (χ3n) is 4.22. The Morgan fingerprint density at radius 2 is 1.90 bits per heavy atom. The number of carbonyl (C=O) groups is 1. The van der Waals surface area contributed by atoms with Crippen LogP contribution in [0.5, 0.6) is 11.5 Å². The molecule has 0 aliphatic heterocycles. The lowest BCUT2D eigenvalue weighted by molar-refractivity contribution is -0.119. The Balaban J connectivity index is 1.95. The number of benzene rings is 2. The van der Waals surface area contributed by atoms with E-state index < -0.39 is 10.0 Å². The van der Waals surface area contributed by atoms with Crippen LogP contribution in [-0.2, 0) is 21.2 Å². The number of amides is 1. The summed E-state index contributed by atoms with van der Waals surface area (Å²) in [6, 6.07) is 14.5. The summed E-state index contributed by atoms with van der Waals surface area (Å²) >= 11 is 0. The number of hydrogen-bond donors (Lipinski definition) is 1. The summed E-state index contributed by atoms with van der Waals surface area (Å²) in [4.78, 5) is 12.4. The smallest absolute Gasteiger partial charge is 0.240 e. The Kier molecular flexibility index (Phi) is 8.33. The summed E-state index contributed by atoms with van der Waals surface area (Å²) in [6.45, 7) is 2.35. The summed E-state index contributed by atoms with van der Waals surface area (Å²) in [5, 5.41) is 2.79. The highest BCUT2D eigenvalue weighted by Gasteiger charge is 2.23. The zero-order valence-electron chi connectivity index (χ0n) is 17.1. The Labute approximate surface area is 172 Å². The lowest BCUT2D eigenvalue weighted by Crippen LogP contribution is -2.40. The minimum absolute atomic E-state index is 0.303. The molecule has 0 spiro atoms. The predicted molar refractivity (Wildman–Crippen MR) is 114 cm³/mol. The van der Waals surface area contributed by atoms with E-state index in [2.05, 4.69) is 5.32 Å². The normalized spacial score (nSPS) is 11.0. The average Bonchev–Trinajstić information content (AvgIpc) is 2.69. The molecule has 0 heterocycles. The maximum Gasteiger partial charge on any atom is 0.240 e. The van der Waals surface area contributed by atoms with Gasteiger partial charge in [0, 0.05) is 6.54 Å². The molecule has 1 N–H and O–H groups in total. The Morgan fingerprint density at radius 1 is 1.14 bits per heavy atom. The maximum absolute atomic E-state index is 12.4. The van der Waals surface area contributed by atoms with Crippen LogP contribution in [0.25, 0.3) is 0 Å². The van der Waals surface area contributed by atoms with E-state index in [-0.39, 0.29) is 12.5 Å². The van der Waals surface area contributed by atoms with Crippen molar-refractivity contribution in [3.05, 3.63) is 54.1 Å². The van der Waals surface area contributed by atoms with Crippen LogP contribution in [0.1, 0.15) is 18.9 Å². The molecule has 0 aliphatic carbocycles. The van der Waals surface area contributed by atoms with Crippen molar-refractivity contribution in [3.8, 4) is 11.5 Å². The molecule has 0 unspecified atom stereocenters.